The van der Waals surface area contributed by atoms with E-state index in [0.29, 0.717) is 0 Å². The predicted molar refractivity (Wildman–Crippen MR) is 232 cm³/mol. The van der Waals surface area contributed by atoms with E-state index in [1.54, 1.807) is 0 Å². The standard InChI is InChI=1S/C50H42BNOS/c1-5-6-19-39-42(26-24-38-37-20-13-14-21-45(37)53-49(38)39)52-43-25-22-34(32-15-9-7-10-16-32)28-40(43)51-41-29-35(33-17-11-8-12-18-33)23-27-46(41)54-47-31-36(50(2,3)4)30-44(52)48(47)51/h7-18,20-31H,5-6,19H2,1-4H3. The van der Waals surface area contributed by atoms with Gasteiger partial charge in [-0.15, -0.1) is 0 Å². The Morgan fingerprint density at radius 3 is 1.98 bits per heavy atom. The number of para-hydroxylation sites is 1. The lowest BCUT2D eigenvalue weighted by Crippen LogP contribution is -2.60. The summed E-state index contributed by atoms with van der Waals surface area (Å²) in [7, 11) is 0. The van der Waals surface area contributed by atoms with Gasteiger partial charge in [0.2, 0.25) is 6.71 Å². The molecule has 7 aromatic carbocycles. The van der Waals surface area contributed by atoms with Crippen LogP contribution in [-0.2, 0) is 11.8 Å². The molecular formula is C50H42BNOS. The third-order valence-corrected chi connectivity index (χ3v) is 12.6. The van der Waals surface area contributed by atoms with E-state index in [1.165, 1.54) is 87.4 Å². The van der Waals surface area contributed by atoms with Crippen molar-refractivity contribution in [3.8, 4) is 22.3 Å². The Labute approximate surface area is 322 Å². The van der Waals surface area contributed by atoms with Gasteiger partial charge in [-0.25, -0.2) is 0 Å². The third-order valence-electron chi connectivity index (χ3n) is 11.5. The number of anilines is 3. The number of fused-ring (bicyclic) bond motifs is 7. The number of rotatable bonds is 6. The van der Waals surface area contributed by atoms with E-state index >= 15 is 0 Å². The molecule has 0 amide bonds. The van der Waals surface area contributed by atoms with Crippen LogP contribution < -0.4 is 21.3 Å². The summed E-state index contributed by atoms with van der Waals surface area (Å²) < 4.78 is 6.79. The zero-order valence-electron chi connectivity index (χ0n) is 31.3. The van der Waals surface area contributed by atoms with Crippen LogP contribution in [0.25, 0.3) is 44.2 Å². The smallest absolute Gasteiger partial charge is 0.249 e. The molecule has 10 rings (SSSR count). The molecule has 0 atom stereocenters. The summed E-state index contributed by atoms with van der Waals surface area (Å²) in [5.74, 6) is 0. The van der Waals surface area contributed by atoms with Crippen LogP contribution in [0, 0.1) is 0 Å². The van der Waals surface area contributed by atoms with Gasteiger partial charge in [-0.3, -0.25) is 0 Å². The molecule has 4 heteroatoms. The van der Waals surface area contributed by atoms with Crippen LogP contribution in [0.3, 0.4) is 0 Å². The lowest BCUT2D eigenvalue weighted by Gasteiger charge is -2.42. The number of nitrogens with zero attached hydrogens (tertiary/aromatic N) is 1. The molecule has 3 heterocycles. The summed E-state index contributed by atoms with van der Waals surface area (Å²) in [6, 6.07) is 54.1. The van der Waals surface area contributed by atoms with Gasteiger partial charge in [0.25, 0.3) is 0 Å². The molecule has 2 aliphatic rings. The largest absolute Gasteiger partial charge is 0.456 e. The van der Waals surface area contributed by atoms with Gasteiger partial charge in [0.05, 0.1) is 5.69 Å². The molecule has 0 unspecified atom stereocenters. The number of hydrogen-bond donors (Lipinski definition) is 0. The van der Waals surface area contributed by atoms with Crippen molar-refractivity contribution in [3.05, 3.63) is 157 Å². The zero-order chi connectivity index (χ0) is 36.6. The summed E-state index contributed by atoms with van der Waals surface area (Å²) in [6.45, 7) is 9.38. The number of aryl methyl sites for hydroxylation is 1. The van der Waals surface area contributed by atoms with Gasteiger partial charge >= 0.3 is 0 Å². The van der Waals surface area contributed by atoms with Gasteiger partial charge in [-0.05, 0) is 99.5 Å². The SMILES string of the molecule is CCCCc1c(N2c3ccc(-c4ccccc4)cc3B3c4cc(-c5ccccc5)ccc4Sc4cc(C(C)(C)C)cc2c43)ccc2c1oc1ccccc12. The second kappa shape index (κ2) is 12.9. The Bertz CT molecular complexity index is 2730. The highest BCUT2D eigenvalue weighted by Crippen LogP contribution is 2.47. The molecule has 0 spiro atoms. The van der Waals surface area contributed by atoms with Crippen LogP contribution in [0.5, 0.6) is 0 Å². The van der Waals surface area contributed by atoms with Crippen LogP contribution >= 0.6 is 11.8 Å². The summed E-state index contributed by atoms with van der Waals surface area (Å²) in [6.07, 6.45) is 3.14. The molecule has 54 heavy (non-hydrogen) atoms. The third kappa shape index (κ3) is 5.34. The van der Waals surface area contributed by atoms with Crippen LogP contribution in [0.15, 0.2) is 160 Å². The van der Waals surface area contributed by atoms with E-state index in [1.807, 2.05) is 11.8 Å². The van der Waals surface area contributed by atoms with Gasteiger partial charge in [0, 0.05) is 37.5 Å². The molecule has 8 aromatic rings. The molecule has 0 radical (unpaired) electrons. The maximum absolute atomic E-state index is 6.79. The van der Waals surface area contributed by atoms with Crippen molar-refractivity contribution in [1.82, 2.24) is 0 Å². The van der Waals surface area contributed by atoms with Crippen LogP contribution in [-0.4, -0.2) is 6.71 Å². The molecule has 0 bridgehead atoms. The van der Waals surface area contributed by atoms with Crippen LogP contribution in [0.4, 0.5) is 17.1 Å². The number of hydrogen-bond acceptors (Lipinski definition) is 3. The first-order valence-corrected chi connectivity index (χ1v) is 20.2. The molecule has 2 aliphatic heterocycles. The Morgan fingerprint density at radius 2 is 1.26 bits per heavy atom. The van der Waals surface area contributed by atoms with Gasteiger partial charge in [-0.2, -0.15) is 0 Å². The van der Waals surface area contributed by atoms with Crippen LogP contribution in [0.2, 0.25) is 0 Å². The molecule has 0 saturated heterocycles. The molecule has 0 N–H and O–H groups in total. The van der Waals surface area contributed by atoms with Crippen molar-refractivity contribution in [2.45, 2.75) is 62.2 Å². The number of unbranched alkanes of at least 4 members (excludes halogenated alkanes) is 1. The monoisotopic (exact) mass is 715 g/mol. The quantitative estimate of drug-likeness (QED) is 0.160. The Balaban J connectivity index is 1.29. The number of benzene rings is 7. The maximum atomic E-state index is 6.79. The fourth-order valence-electron chi connectivity index (χ4n) is 8.71. The lowest BCUT2D eigenvalue weighted by atomic mass is 9.34. The van der Waals surface area contributed by atoms with Crippen molar-refractivity contribution >= 4 is 73.9 Å². The van der Waals surface area contributed by atoms with Gasteiger partial charge < -0.3 is 9.32 Å². The minimum atomic E-state index is -0.0319. The first kappa shape index (κ1) is 33.1. The van der Waals surface area contributed by atoms with E-state index < -0.39 is 0 Å². The molecule has 0 aliphatic carbocycles. The van der Waals surface area contributed by atoms with Gasteiger partial charge in [-0.1, -0.05) is 154 Å². The number of furan rings is 1. The maximum Gasteiger partial charge on any atom is 0.249 e. The summed E-state index contributed by atoms with van der Waals surface area (Å²) in [5, 5.41) is 2.37. The fraction of sp³-hybridized carbons (Fsp3) is 0.160. The molecule has 0 saturated carbocycles. The van der Waals surface area contributed by atoms with E-state index in [0.717, 1.165) is 30.4 Å². The Kier molecular flexibility index (Phi) is 7.89. The predicted octanol–water partition coefficient (Wildman–Crippen LogP) is 12.3. The van der Waals surface area contributed by atoms with E-state index in [2.05, 4.69) is 178 Å². The minimum Gasteiger partial charge on any atom is -0.456 e. The summed E-state index contributed by atoms with van der Waals surface area (Å²) >= 11 is 1.93. The van der Waals surface area contributed by atoms with Crippen molar-refractivity contribution < 1.29 is 4.42 Å². The Morgan fingerprint density at radius 1 is 0.593 bits per heavy atom. The molecule has 0 fully saturated rings. The molecular weight excluding hydrogens is 673 g/mol. The highest BCUT2D eigenvalue weighted by molar-refractivity contribution is 8.00. The zero-order valence-corrected chi connectivity index (χ0v) is 32.1. The molecule has 2 nitrogen and oxygen atoms in total. The average molecular weight is 716 g/mol. The normalized spacial score (nSPS) is 13.3. The van der Waals surface area contributed by atoms with Crippen molar-refractivity contribution in [2.24, 2.45) is 0 Å². The average Bonchev–Trinajstić information content (AvgIpc) is 3.59. The van der Waals surface area contributed by atoms with Gasteiger partial charge in [0.15, 0.2) is 0 Å². The first-order valence-electron chi connectivity index (χ1n) is 19.4. The van der Waals surface area contributed by atoms with Crippen molar-refractivity contribution in [1.29, 1.82) is 0 Å². The van der Waals surface area contributed by atoms with Crippen molar-refractivity contribution in [2.75, 3.05) is 4.90 Å². The van der Waals surface area contributed by atoms with E-state index in [4.69, 9.17) is 4.42 Å². The lowest BCUT2D eigenvalue weighted by molar-refractivity contribution is 0.589. The summed E-state index contributed by atoms with van der Waals surface area (Å²) in [4.78, 5) is 5.28. The fourth-order valence-corrected chi connectivity index (χ4v) is 9.89. The molecule has 1 aromatic heterocycles. The van der Waals surface area contributed by atoms with Crippen molar-refractivity contribution in [3.63, 3.8) is 0 Å². The van der Waals surface area contributed by atoms with Crippen LogP contribution in [0.1, 0.15) is 51.7 Å². The van der Waals surface area contributed by atoms with E-state index in [9.17, 15) is 0 Å². The highest BCUT2D eigenvalue weighted by atomic mass is 32.2. The second-order valence-corrected chi connectivity index (χ2v) is 17.0. The van der Waals surface area contributed by atoms with E-state index in [-0.39, 0.29) is 12.1 Å². The minimum absolute atomic E-state index is 0.0319. The summed E-state index contributed by atoms with van der Waals surface area (Å²) in [5.41, 5.74) is 17.4. The Hall–Kier alpha value is -5.45. The molecule has 262 valence electrons. The highest BCUT2D eigenvalue weighted by Gasteiger charge is 2.42. The first-order chi connectivity index (χ1) is 26.4. The van der Waals surface area contributed by atoms with Gasteiger partial charge in [0.1, 0.15) is 11.2 Å². The second-order valence-electron chi connectivity index (χ2n) is 15.9. The topological polar surface area (TPSA) is 16.4 Å².